The molecule has 1 saturated heterocycles. The van der Waals surface area contributed by atoms with Gasteiger partial charge < -0.3 is 10.6 Å². The van der Waals surface area contributed by atoms with Crippen LogP contribution in [0.1, 0.15) is 53.0 Å². The fourth-order valence-electron chi connectivity index (χ4n) is 5.21. The van der Waals surface area contributed by atoms with E-state index in [1.807, 2.05) is 18.2 Å². The molecule has 1 fully saturated rings. The highest BCUT2D eigenvalue weighted by Crippen LogP contribution is 2.31. The van der Waals surface area contributed by atoms with Crippen LogP contribution in [0.15, 0.2) is 85.3 Å². The van der Waals surface area contributed by atoms with E-state index in [0.717, 1.165) is 31.5 Å². The average molecular weight is 508 g/mol. The first-order valence-electron chi connectivity index (χ1n) is 13.2. The van der Waals surface area contributed by atoms with Crippen LogP contribution in [0.4, 0.5) is 0 Å². The maximum Gasteiger partial charge on any atom is 0.251 e. The van der Waals surface area contributed by atoms with Crippen LogP contribution < -0.4 is 10.6 Å². The van der Waals surface area contributed by atoms with Crippen molar-refractivity contribution in [3.8, 4) is 0 Å². The van der Waals surface area contributed by atoms with Crippen molar-refractivity contribution in [3.05, 3.63) is 108 Å². The molecule has 4 aromatic rings. The predicted molar refractivity (Wildman–Crippen MR) is 148 cm³/mol. The Morgan fingerprint density at radius 3 is 2.55 bits per heavy atom. The summed E-state index contributed by atoms with van der Waals surface area (Å²) in [6, 6.07) is 22.7. The van der Waals surface area contributed by atoms with Gasteiger partial charge in [-0.15, -0.1) is 0 Å². The average Bonchev–Trinajstić information content (AvgIpc) is 2.98. The first kappa shape index (κ1) is 25.5. The lowest BCUT2D eigenvalue weighted by molar-refractivity contribution is -0.126. The van der Waals surface area contributed by atoms with Gasteiger partial charge in [0.1, 0.15) is 0 Å². The fourth-order valence-corrected chi connectivity index (χ4v) is 5.21. The number of hydrogen-bond donors (Lipinski definition) is 2. The third-order valence-corrected chi connectivity index (χ3v) is 7.42. The fraction of sp³-hybridized carbons (Fsp3) is 0.290. The number of piperidine rings is 1. The summed E-state index contributed by atoms with van der Waals surface area (Å²) >= 11 is 0. The molecule has 7 heteroatoms. The number of nitrogens with one attached hydrogen (secondary N) is 2. The number of rotatable bonds is 8. The molecule has 194 valence electrons. The minimum absolute atomic E-state index is 0.00410. The molecule has 1 aliphatic heterocycles. The maximum absolute atomic E-state index is 12.9. The van der Waals surface area contributed by atoms with Crippen molar-refractivity contribution in [2.45, 2.75) is 38.9 Å². The van der Waals surface area contributed by atoms with Gasteiger partial charge in [0.25, 0.3) is 5.91 Å². The molecule has 0 aliphatic carbocycles. The molecule has 1 atom stereocenters. The Bertz CT molecular complexity index is 1390. The highest BCUT2D eigenvalue weighted by Gasteiger charge is 2.28. The first-order chi connectivity index (χ1) is 18.6. The second kappa shape index (κ2) is 12.0. The van der Waals surface area contributed by atoms with Crippen LogP contribution in [0, 0.1) is 5.92 Å². The SMILES string of the molecule is CC(c1cccc2ccccc12)N1CCC(C(=O)NCc2cccc(C(=O)NCc3cnccn3)c2)CC1. The topological polar surface area (TPSA) is 87.2 Å². The van der Waals surface area contributed by atoms with E-state index in [2.05, 4.69) is 74.9 Å². The van der Waals surface area contributed by atoms with Gasteiger partial charge >= 0.3 is 0 Å². The van der Waals surface area contributed by atoms with Crippen molar-refractivity contribution >= 4 is 22.6 Å². The second-order valence-corrected chi connectivity index (χ2v) is 9.85. The van der Waals surface area contributed by atoms with Crippen molar-refractivity contribution in [2.75, 3.05) is 13.1 Å². The van der Waals surface area contributed by atoms with E-state index >= 15 is 0 Å². The standard InChI is InChI=1S/C31H33N5O2/c1-22(28-11-5-8-24-7-2-3-10-29(24)28)36-16-12-25(13-17-36)30(37)34-19-23-6-4-9-26(18-23)31(38)35-21-27-20-32-14-15-33-27/h2-11,14-15,18,20,22,25H,12-13,16-17,19,21H2,1H3,(H,34,37)(H,35,38). The summed E-state index contributed by atoms with van der Waals surface area (Å²) in [5, 5.41) is 8.51. The van der Waals surface area contributed by atoms with Gasteiger partial charge in [0.15, 0.2) is 0 Å². The molecular weight excluding hydrogens is 474 g/mol. The van der Waals surface area contributed by atoms with Crippen molar-refractivity contribution in [2.24, 2.45) is 5.92 Å². The molecule has 7 nitrogen and oxygen atoms in total. The van der Waals surface area contributed by atoms with Crippen LogP contribution in [0.5, 0.6) is 0 Å². The molecule has 2 heterocycles. The summed E-state index contributed by atoms with van der Waals surface area (Å²) in [4.78, 5) is 36.2. The molecule has 3 aromatic carbocycles. The van der Waals surface area contributed by atoms with Gasteiger partial charge in [-0.3, -0.25) is 24.5 Å². The number of likely N-dealkylation sites (tertiary alicyclic amines) is 1. The summed E-state index contributed by atoms with van der Waals surface area (Å²) in [6.07, 6.45) is 6.50. The summed E-state index contributed by atoms with van der Waals surface area (Å²) in [7, 11) is 0. The maximum atomic E-state index is 12.9. The number of hydrogen-bond acceptors (Lipinski definition) is 5. The summed E-state index contributed by atoms with van der Waals surface area (Å²) in [5.74, 6) is -0.0964. The van der Waals surface area contributed by atoms with Gasteiger partial charge in [0.05, 0.1) is 18.4 Å². The third kappa shape index (κ3) is 6.06. The van der Waals surface area contributed by atoms with E-state index in [-0.39, 0.29) is 17.7 Å². The van der Waals surface area contributed by atoms with Gasteiger partial charge in [-0.2, -0.15) is 0 Å². The Balaban J connectivity index is 1.11. The van der Waals surface area contributed by atoms with E-state index in [4.69, 9.17) is 0 Å². The highest BCUT2D eigenvalue weighted by molar-refractivity contribution is 5.94. The number of fused-ring (bicyclic) bond motifs is 1. The zero-order valence-electron chi connectivity index (χ0n) is 21.6. The summed E-state index contributed by atoms with van der Waals surface area (Å²) < 4.78 is 0. The van der Waals surface area contributed by atoms with Crippen molar-refractivity contribution in [1.29, 1.82) is 0 Å². The zero-order valence-corrected chi connectivity index (χ0v) is 21.6. The van der Waals surface area contributed by atoms with E-state index in [1.54, 1.807) is 24.7 Å². The molecule has 1 aromatic heterocycles. The van der Waals surface area contributed by atoms with E-state index in [0.29, 0.717) is 30.4 Å². The molecule has 5 rings (SSSR count). The lowest BCUT2D eigenvalue weighted by Crippen LogP contribution is -2.41. The Morgan fingerprint density at radius 2 is 1.74 bits per heavy atom. The monoisotopic (exact) mass is 507 g/mol. The number of amides is 2. The van der Waals surface area contributed by atoms with Crippen molar-refractivity contribution in [1.82, 2.24) is 25.5 Å². The molecule has 2 amide bonds. The molecule has 1 aliphatic rings. The van der Waals surface area contributed by atoms with Gasteiger partial charge in [0.2, 0.25) is 5.91 Å². The van der Waals surface area contributed by atoms with Crippen molar-refractivity contribution in [3.63, 3.8) is 0 Å². The van der Waals surface area contributed by atoms with Gasteiger partial charge in [-0.25, -0.2) is 0 Å². The zero-order chi connectivity index (χ0) is 26.3. The van der Waals surface area contributed by atoms with E-state index in [1.165, 1.54) is 16.3 Å². The number of benzene rings is 3. The lowest BCUT2D eigenvalue weighted by Gasteiger charge is -2.36. The highest BCUT2D eigenvalue weighted by atomic mass is 16.2. The number of carbonyl (C=O) groups excluding carboxylic acids is 2. The van der Waals surface area contributed by atoms with E-state index in [9.17, 15) is 9.59 Å². The summed E-state index contributed by atoms with van der Waals surface area (Å²) in [6.45, 7) is 4.76. The van der Waals surface area contributed by atoms with Gasteiger partial charge in [0, 0.05) is 36.5 Å². The minimum Gasteiger partial charge on any atom is -0.352 e. The third-order valence-electron chi connectivity index (χ3n) is 7.42. The van der Waals surface area contributed by atoms with Crippen LogP contribution in [-0.2, 0) is 17.9 Å². The number of carbonyl (C=O) groups is 2. The molecule has 0 bridgehead atoms. The normalized spacial score (nSPS) is 15.2. The number of nitrogens with zero attached hydrogens (tertiary/aromatic N) is 3. The first-order valence-corrected chi connectivity index (χ1v) is 13.2. The minimum atomic E-state index is -0.184. The lowest BCUT2D eigenvalue weighted by atomic mass is 9.92. The molecular formula is C31H33N5O2. The Hall–Kier alpha value is -4.10. The molecule has 0 saturated carbocycles. The number of aromatic nitrogens is 2. The van der Waals surface area contributed by atoms with Crippen molar-refractivity contribution < 1.29 is 9.59 Å². The van der Waals surface area contributed by atoms with Crippen LogP contribution in [0.3, 0.4) is 0 Å². The van der Waals surface area contributed by atoms with Gasteiger partial charge in [-0.1, -0.05) is 54.6 Å². The Labute approximate surface area is 223 Å². The largest absolute Gasteiger partial charge is 0.352 e. The molecule has 38 heavy (non-hydrogen) atoms. The molecule has 0 spiro atoms. The predicted octanol–water partition coefficient (Wildman–Crippen LogP) is 4.65. The Morgan fingerprint density at radius 1 is 0.947 bits per heavy atom. The van der Waals surface area contributed by atoms with Crippen LogP contribution in [0.25, 0.3) is 10.8 Å². The van der Waals surface area contributed by atoms with Crippen LogP contribution in [0.2, 0.25) is 0 Å². The van der Waals surface area contributed by atoms with Crippen LogP contribution in [-0.4, -0.2) is 39.8 Å². The summed E-state index contributed by atoms with van der Waals surface area (Å²) in [5.41, 5.74) is 3.48. The molecule has 0 radical (unpaired) electrons. The van der Waals surface area contributed by atoms with Crippen LogP contribution >= 0.6 is 0 Å². The molecule has 1 unspecified atom stereocenters. The molecule has 2 N–H and O–H groups in total. The Kier molecular flexibility index (Phi) is 8.04. The second-order valence-electron chi connectivity index (χ2n) is 9.85. The quantitative estimate of drug-likeness (QED) is 0.363. The van der Waals surface area contributed by atoms with E-state index < -0.39 is 0 Å². The van der Waals surface area contributed by atoms with Gasteiger partial charge in [-0.05, 0) is 66.9 Å². The smallest absolute Gasteiger partial charge is 0.251 e.